The van der Waals surface area contributed by atoms with Crippen molar-refractivity contribution >= 4 is 15.9 Å². The molecule has 0 heterocycles. The van der Waals surface area contributed by atoms with Crippen LogP contribution < -0.4 is 5.73 Å². The lowest BCUT2D eigenvalue weighted by Crippen LogP contribution is -2.18. The number of hydrogen-bond acceptors (Lipinski definition) is 2. The summed E-state index contributed by atoms with van der Waals surface area (Å²) < 4.78 is 0.988. The Morgan fingerprint density at radius 1 is 1.62 bits per heavy atom. The van der Waals surface area contributed by atoms with Gasteiger partial charge in [0.1, 0.15) is 0 Å². The lowest BCUT2D eigenvalue weighted by atomic mass is 10.0. The molecule has 0 spiro atoms. The number of nitriles is 1. The number of halogens is 1. The van der Waals surface area contributed by atoms with Crippen LogP contribution in [0.2, 0.25) is 0 Å². The maximum atomic E-state index is 8.82. The molecule has 0 aliphatic carbocycles. The third-order valence-electron chi connectivity index (χ3n) is 1.73. The van der Waals surface area contributed by atoms with E-state index >= 15 is 0 Å². The summed E-state index contributed by atoms with van der Waals surface area (Å²) in [5.74, 6) is 0. The van der Waals surface area contributed by atoms with Gasteiger partial charge in [-0.2, -0.15) is 5.26 Å². The number of benzene rings is 1. The lowest BCUT2D eigenvalue weighted by Gasteiger charge is -2.07. The Balaban J connectivity index is 3.03. The van der Waals surface area contributed by atoms with Crippen LogP contribution in [0.25, 0.3) is 0 Å². The van der Waals surface area contributed by atoms with Crippen molar-refractivity contribution in [2.45, 2.75) is 19.4 Å². The van der Waals surface area contributed by atoms with Gasteiger partial charge >= 0.3 is 0 Å². The molecule has 0 fully saturated rings. The summed E-state index contributed by atoms with van der Waals surface area (Å²) in [6, 6.07) is 7.85. The highest BCUT2D eigenvalue weighted by molar-refractivity contribution is 9.10. The SMILES string of the molecule is CC(N)Cc1cc(Br)ccc1C#N. The van der Waals surface area contributed by atoms with E-state index in [0.29, 0.717) is 5.56 Å². The van der Waals surface area contributed by atoms with Crippen LogP contribution in [0, 0.1) is 11.3 Å². The van der Waals surface area contributed by atoms with Crippen LogP contribution in [0.5, 0.6) is 0 Å². The van der Waals surface area contributed by atoms with Gasteiger partial charge in [0.05, 0.1) is 11.6 Å². The van der Waals surface area contributed by atoms with Gasteiger partial charge in [-0.25, -0.2) is 0 Å². The van der Waals surface area contributed by atoms with E-state index in [2.05, 4.69) is 22.0 Å². The van der Waals surface area contributed by atoms with E-state index in [0.717, 1.165) is 16.5 Å². The van der Waals surface area contributed by atoms with Gasteiger partial charge in [-0.05, 0) is 37.1 Å². The predicted molar refractivity (Wildman–Crippen MR) is 56.2 cm³/mol. The Morgan fingerprint density at radius 3 is 2.85 bits per heavy atom. The Morgan fingerprint density at radius 2 is 2.31 bits per heavy atom. The molecule has 1 rings (SSSR count). The topological polar surface area (TPSA) is 49.8 Å². The zero-order chi connectivity index (χ0) is 9.84. The van der Waals surface area contributed by atoms with Crippen molar-refractivity contribution in [1.29, 1.82) is 5.26 Å². The minimum Gasteiger partial charge on any atom is -0.328 e. The zero-order valence-corrected chi connectivity index (χ0v) is 9.01. The molecular weight excluding hydrogens is 228 g/mol. The monoisotopic (exact) mass is 238 g/mol. The van der Waals surface area contributed by atoms with Gasteiger partial charge in [-0.3, -0.25) is 0 Å². The number of hydrogen-bond donors (Lipinski definition) is 1. The van der Waals surface area contributed by atoms with Crippen molar-refractivity contribution in [2.24, 2.45) is 5.73 Å². The molecule has 68 valence electrons. The molecule has 0 aromatic heterocycles. The number of rotatable bonds is 2. The molecule has 2 nitrogen and oxygen atoms in total. The molecule has 0 aliphatic rings. The van der Waals surface area contributed by atoms with E-state index in [1.165, 1.54) is 0 Å². The van der Waals surface area contributed by atoms with Crippen molar-refractivity contribution < 1.29 is 0 Å². The predicted octanol–water partition coefficient (Wildman–Crippen LogP) is 2.21. The highest BCUT2D eigenvalue weighted by Gasteiger charge is 2.04. The summed E-state index contributed by atoms with van der Waals surface area (Å²) in [7, 11) is 0. The van der Waals surface area contributed by atoms with Gasteiger partial charge < -0.3 is 5.73 Å². The van der Waals surface area contributed by atoms with Gasteiger partial charge in [-0.15, -0.1) is 0 Å². The summed E-state index contributed by atoms with van der Waals surface area (Å²) in [4.78, 5) is 0. The molecule has 0 saturated carbocycles. The van der Waals surface area contributed by atoms with E-state index in [1.54, 1.807) is 0 Å². The maximum absolute atomic E-state index is 8.82. The summed E-state index contributed by atoms with van der Waals surface area (Å²) in [6.45, 7) is 1.93. The smallest absolute Gasteiger partial charge is 0.0994 e. The Labute approximate surface area is 86.5 Å². The molecule has 1 atom stereocenters. The Kier molecular flexibility index (Phi) is 3.47. The Bertz CT molecular complexity index is 339. The molecule has 0 aliphatic heterocycles. The van der Waals surface area contributed by atoms with E-state index in [-0.39, 0.29) is 6.04 Å². The normalized spacial score (nSPS) is 12.2. The van der Waals surface area contributed by atoms with E-state index in [1.807, 2.05) is 25.1 Å². The average Bonchev–Trinajstić information content (AvgIpc) is 2.03. The maximum Gasteiger partial charge on any atom is 0.0994 e. The van der Waals surface area contributed by atoms with Crippen LogP contribution in [0.3, 0.4) is 0 Å². The Hall–Kier alpha value is -0.850. The molecule has 1 aromatic rings. The minimum atomic E-state index is 0.0846. The highest BCUT2D eigenvalue weighted by atomic mass is 79.9. The van der Waals surface area contributed by atoms with E-state index in [9.17, 15) is 0 Å². The first kappa shape index (κ1) is 10.2. The van der Waals surface area contributed by atoms with Crippen LogP contribution in [-0.4, -0.2) is 6.04 Å². The van der Waals surface area contributed by atoms with Gasteiger partial charge in [-0.1, -0.05) is 15.9 Å². The van der Waals surface area contributed by atoms with Crippen LogP contribution in [0.4, 0.5) is 0 Å². The molecule has 1 unspecified atom stereocenters. The standard InChI is InChI=1S/C10H11BrN2/c1-7(13)4-9-5-10(11)3-2-8(9)6-12/h2-3,5,7H,4,13H2,1H3. The lowest BCUT2D eigenvalue weighted by molar-refractivity contribution is 0.736. The number of nitrogens with two attached hydrogens (primary N) is 1. The second-order valence-electron chi connectivity index (χ2n) is 3.09. The molecular formula is C10H11BrN2. The third-order valence-corrected chi connectivity index (χ3v) is 2.22. The summed E-state index contributed by atoms with van der Waals surface area (Å²) in [5, 5.41) is 8.82. The molecule has 0 saturated heterocycles. The van der Waals surface area contributed by atoms with Gasteiger partial charge in [0.25, 0.3) is 0 Å². The third kappa shape index (κ3) is 2.83. The van der Waals surface area contributed by atoms with Crippen molar-refractivity contribution in [3.8, 4) is 6.07 Å². The fourth-order valence-electron chi connectivity index (χ4n) is 1.19. The van der Waals surface area contributed by atoms with Crippen molar-refractivity contribution in [1.82, 2.24) is 0 Å². The highest BCUT2D eigenvalue weighted by Crippen LogP contribution is 2.17. The fraction of sp³-hybridized carbons (Fsp3) is 0.300. The van der Waals surface area contributed by atoms with E-state index in [4.69, 9.17) is 11.0 Å². The minimum absolute atomic E-state index is 0.0846. The largest absolute Gasteiger partial charge is 0.328 e. The summed E-state index contributed by atoms with van der Waals surface area (Å²) in [5.41, 5.74) is 7.39. The first-order chi connectivity index (χ1) is 6.13. The second-order valence-corrected chi connectivity index (χ2v) is 4.01. The van der Waals surface area contributed by atoms with Crippen LogP contribution >= 0.6 is 15.9 Å². The first-order valence-corrected chi connectivity index (χ1v) is 4.87. The molecule has 1 aromatic carbocycles. The van der Waals surface area contributed by atoms with Gasteiger partial charge in [0, 0.05) is 10.5 Å². The fourth-order valence-corrected chi connectivity index (χ4v) is 1.60. The summed E-state index contributed by atoms with van der Waals surface area (Å²) in [6.07, 6.45) is 0.738. The van der Waals surface area contributed by atoms with Crippen molar-refractivity contribution in [2.75, 3.05) is 0 Å². The molecule has 2 N–H and O–H groups in total. The van der Waals surface area contributed by atoms with Gasteiger partial charge in [0.2, 0.25) is 0 Å². The van der Waals surface area contributed by atoms with Crippen molar-refractivity contribution in [3.05, 3.63) is 33.8 Å². The molecule has 13 heavy (non-hydrogen) atoms. The molecule has 0 radical (unpaired) electrons. The number of nitrogens with zero attached hydrogens (tertiary/aromatic N) is 1. The van der Waals surface area contributed by atoms with Crippen LogP contribution in [0.1, 0.15) is 18.1 Å². The average molecular weight is 239 g/mol. The summed E-state index contributed by atoms with van der Waals surface area (Å²) >= 11 is 3.37. The second kappa shape index (κ2) is 4.40. The zero-order valence-electron chi connectivity index (χ0n) is 7.42. The van der Waals surface area contributed by atoms with Crippen LogP contribution in [-0.2, 0) is 6.42 Å². The van der Waals surface area contributed by atoms with Crippen molar-refractivity contribution in [3.63, 3.8) is 0 Å². The first-order valence-electron chi connectivity index (χ1n) is 4.07. The quantitative estimate of drug-likeness (QED) is 0.860. The molecule has 0 bridgehead atoms. The molecule has 0 amide bonds. The van der Waals surface area contributed by atoms with E-state index < -0.39 is 0 Å². The van der Waals surface area contributed by atoms with Gasteiger partial charge in [0.15, 0.2) is 0 Å². The van der Waals surface area contributed by atoms with Crippen LogP contribution in [0.15, 0.2) is 22.7 Å². The molecule has 3 heteroatoms.